The zero-order valence-electron chi connectivity index (χ0n) is 20.4. The Kier molecular flexibility index (Phi) is 6.72. The number of carbonyl (C=O) groups excluding carboxylic acids is 2. The van der Waals surface area contributed by atoms with E-state index in [1.54, 1.807) is 26.1 Å². The van der Waals surface area contributed by atoms with E-state index in [0.29, 0.717) is 37.5 Å². The first-order valence-corrected chi connectivity index (χ1v) is 11.4. The van der Waals surface area contributed by atoms with Crippen LogP contribution in [0.1, 0.15) is 44.3 Å². The van der Waals surface area contributed by atoms with E-state index >= 15 is 0 Å². The highest BCUT2D eigenvalue weighted by Gasteiger charge is 2.31. The molecule has 3 aromatic rings. The minimum absolute atomic E-state index is 0.00529. The van der Waals surface area contributed by atoms with Crippen molar-refractivity contribution >= 4 is 11.8 Å². The van der Waals surface area contributed by atoms with Crippen LogP contribution in [0, 0.1) is 13.8 Å². The molecule has 9 nitrogen and oxygen atoms in total. The summed E-state index contributed by atoms with van der Waals surface area (Å²) in [5, 5.41) is 8.65. The number of fused-ring (bicyclic) bond motifs is 1. The molecule has 0 unspecified atom stereocenters. The van der Waals surface area contributed by atoms with Crippen LogP contribution in [-0.2, 0) is 37.1 Å². The lowest BCUT2D eigenvalue weighted by atomic mass is 10.0. The number of rotatable bonds is 7. The molecular weight excluding hydrogens is 434 g/mol. The third kappa shape index (κ3) is 4.69. The molecule has 0 bridgehead atoms. The van der Waals surface area contributed by atoms with Crippen molar-refractivity contribution in [3.05, 3.63) is 63.8 Å². The summed E-state index contributed by atoms with van der Waals surface area (Å²) in [6.07, 6.45) is 1.67. The van der Waals surface area contributed by atoms with Gasteiger partial charge in [-0.15, -0.1) is 0 Å². The Bertz CT molecular complexity index is 1170. The number of carbonyl (C=O) groups is 2. The summed E-state index contributed by atoms with van der Waals surface area (Å²) in [5.74, 6) is 1.33. The van der Waals surface area contributed by atoms with Gasteiger partial charge in [0, 0.05) is 57.0 Å². The molecule has 180 valence electrons. The SMILES string of the molecule is COc1ccc(CCn2nc(C(=O)N(C)C)c3c2CCN(C(=O)Cc2c(C)noc2C)C3)cc1. The molecule has 0 saturated heterocycles. The van der Waals surface area contributed by atoms with E-state index < -0.39 is 0 Å². The van der Waals surface area contributed by atoms with Gasteiger partial charge in [0.05, 0.1) is 19.2 Å². The van der Waals surface area contributed by atoms with Crippen molar-refractivity contribution in [3.63, 3.8) is 0 Å². The van der Waals surface area contributed by atoms with Crippen LogP contribution >= 0.6 is 0 Å². The van der Waals surface area contributed by atoms with Gasteiger partial charge in [-0.25, -0.2) is 0 Å². The highest BCUT2D eigenvalue weighted by Crippen LogP contribution is 2.25. The summed E-state index contributed by atoms with van der Waals surface area (Å²) in [4.78, 5) is 29.3. The van der Waals surface area contributed by atoms with E-state index in [-0.39, 0.29) is 18.2 Å². The fourth-order valence-corrected chi connectivity index (χ4v) is 4.32. The molecule has 0 N–H and O–H groups in total. The third-order valence-electron chi connectivity index (χ3n) is 6.38. The Hall–Kier alpha value is -3.62. The van der Waals surface area contributed by atoms with E-state index in [0.717, 1.165) is 40.2 Å². The van der Waals surface area contributed by atoms with Crippen molar-refractivity contribution < 1.29 is 18.8 Å². The number of methoxy groups -OCH3 is 1. The van der Waals surface area contributed by atoms with Gasteiger partial charge in [-0.3, -0.25) is 14.3 Å². The molecule has 0 radical (unpaired) electrons. The van der Waals surface area contributed by atoms with Gasteiger partial charge in [-0.2, -0.15) is 5.10 Å². The highest BCUT2D eigenvalue weighted by molar-refractivity contribution is 5.94. The Morgan fingerprint density at radius 1 is 1.18 bits per heavy atom. The number of aromatic nitrogens is 3. The first-order valence-electron chi connectivity index (χ1n) is 11.4. The number of hydrogen-bond acceptors (Lipinski definition) is 6. The first kappa shape index (κ1) is 23.5. The minimum atomic E-state index is -0.153. The van der Waals surface area contributed by atoms with Gasteiger partial charge in [0.25, 0.3) is 5.91 Å². The van der Waals surface area contributed by atoms with E-state index in [4.69, 9.17) is 14.4 Å². The molecule has 34 heavy (non-hydrogen) atoms. The lowest BCUT2D eigenvalue weighted by Crippen LogP contribution is -2.38. The smallest absolute Gasteiger partial charge is 0.274 e. The van der Waals surface area contributed by atoms with Crippen LogP contribution in [-0.4, -0.2) is 64.3 Å². The molecular formula is C25H31N5O4. The van der Waals surface area contributed by atoms with Crippen LogP contribution in [0.4, 0.5) is 0 Å². The van der Waals surface area contributed by atoms with E-state index in [9.17, 15) is 9.59 Å². The fraction of sp³-hybridized carbons (Fsp3) is 0.440. The Labute approximate surface area is 199 Å². The van der Waals surface area contributed by atoms with Gasteiger partial charge < -0.3 is 19.1 Å². The number of benzene rings is 1. The summed E-state index contributed by atoms with van der Waals surface area (Å²) in [6.45, 7) is 5.27. The van der Waals surface area contributed by atoms with Gasteiger partial charge in [-0.05, 0) is 38.0 Å². The topological polar surface area (TPSA) is 93.7 Å². The first-order chi connectivity index (χ1) is 16.3. The molecule has 0 saturated carbocycles. The number of ether oxygens (including phenoxy) is 1. The summed E-state index contributed by atoms with van der Waals surface area (Å²) < 4.78 is 12.4. The van der Waals surface area contributed by atoms with Crippen LogP contribution in [0.3, 0.4) is 0 Å². The van der Waals surface area contributed by atoms with Gasteiger partial charge in [0.15, 0.2) is 5.69 Å². The largest absolute Gasteiger partial charge is 0.497 e. The second-order valence-corrected chi connectivity index (χ2v) is 8.84. The van der Waals surface area contributed by atoms with E-state index in [2.05, 4.69) is 5.16 Å². The van der Waals surface area contributed by atoms with Crippen molar-refractivity contribution in [1.29, 1.82) is 0 Å². The molecule has 4 rings (SSSR count). The molecule has 1 aliphatic heterocycles. The number of amides is 2. The minimum Gasteiger partial charge on any atom is -0.497 e. The molecule has 0 aliphatic carbocycles. The standard InChI is InChI=1S/C25H31N5O4/c1-16-20(17(2)34-27-16)14-23(31)29-12-11-22-21(15-29)24(25(32)28(3)4)26-30(22)13-10-18-6-8-19(33-5)9-7-18/h6-9H,10-15H2,1-5H3. The van der Waals surface area contributed by atoms with Gasteiger partial charge in [0.1, 0.15) is 11.5 Å². The maximum absolute atomic E-state index is 13.1. The molecule has 2 aromatic heterocycles. The molecule has 9 heteroatoms. The Morgan fingerprint density at radius 3 is 2.53 bits per heavy atom. The van der Waals surface area contributed by atoms with Crippen molar-refractivity contribution in [1.82, 2.24) is 24.7 Å². The number of aryl methyl sites for hydroxylation is 4. The van der Waals surface area contributed by atoms with Crippen molar-refractivity contribution in [3.8, 4) is 5.75 Å². The van der Waals surface area contributed by atoms with Crippen molar-refractivity contribution in [2.24, 2.45) is 0 Å². The summed E-state index contributed by atoms with van der Waals surface area (Å²) in [7, 11) is 5.08. The average molecular weight is 466 g/mol. The van der Waals surface area contributed by atoms with E-state index in [1.807, 2.05) is 42.8 Å². The lowest BCUT2D eigenvalue weighted by molar-refractivity contribution is -0.131. The molecule has 1 aliphatic rings. The number of nitrogens with zero attached hydrogens (tertiary/aromatic N) is 5. The zero-order chi connectivity index (χ0) is 24.4. The third-order valence-corrected chi connectivity index (χ3v) is 6.38. The Morgan fingerprint density at radius 2 is 1.91 bits per heavy atom. The van der Waals surface area contributed by atoms with Crippen LogP contribution in [0.2, 0.25) is 0 Å². The van der Waals surface area contributed by atoms with Gasteiger partial charge in [0.2, 0.25) is 5.91 Å². The van der Waals surface area contributed by atoms with Crippen LogP contribution in [0.5, 0.6) is 5.75 Å². The number of hydrogen-bond donors (Lipinski definition) is 0. The van der Waals surface area contributed by atoms with Crippen molar-refractivity contribution in [2.45, 2.75) is 46.2 Å². The second kappa shape index (κ2) is 9.70. The fourth-order valence-electron chi connectivity index (χ4n) is 4.32. The van der Waals surface area contributed by atoms with Crippen LogP contribution in [0.25, 0.3) is 0 Å². The molecule has 0 fully saturated rings. The molecule has 2 amide bonds. The summed E-state index contributed by atoms with van der Waals surface area (Å²) in [5.41, 5.74) is 5.02. The van der Waals surface area contributed by atoms with Gasteiger partial charge in [-0.1, -0.05) is 17.3 Å². The van der Waals surface area contributed by atoms with Gasteiger partial charge >= 0.3 is 0 Å². The monoisotopic (exact) mass is 465 g/mol. The van der Waals surface area contributed by atoms with Crippen molar-refractivity contribution in [2.75, 3.05) is 27.7 Å². The summed E-state index contributed by atoms with van der Waals surface area (Å²) in [6, 6.07) is 7.96. The lowest BCUT2D eigenvalue weighted by Gasteiger charge is -2.28. The van der Waals surface area contributed by atoms with Crippen LogP contribution in [0.15, 0.2) is 28.8 Å². The molecule has 1 aromatic carbocycles. The molecule has 0 spiro atoms. The summed E-state index contributed by atoms with van der Waals surface area (Å²) >= 11 is 0. The van der Waals surface area contributed by atoms with E-state index in [1.165, 1.54) is 4.90 Å². The van der Waals surface area contributed by atoms with Crippen LogP contribution < -0.4 is 4.74 Å². The maximum Gasteiger partial charge on any atom is 0.274 e. The highest BCUT2D eigenvalue weighted by atomic mass is 16.5. The zero-order valence-corrected chi connectivity index (χ0v) is 20.4. The Balaban J connectivity index is 1.55. The molecule has 3 heterocycles. The predicted molar refractivity (Wildman–Crippen MR) is 126 cm³/mol. The normalized spacial score (nSPS) is 13.0. The second-order valence-electron chi connectivity index (χ2n) is 8.84. The average Bonchev–Trinajstić information content (AvgIpc) is 3.36. The quantitative estimate of drug-likeness (QED) is 0.532. The maximum atomic E-state index is 13.1. The molecule has 0 atom stereocenters. The predicted octanol–water partition coefficient (Wildman–Crippen LogP) is 2.57.